The first kappa shape index (κ1) is 13.3. The van der Waals surface area contributed by atoms with Gasteiger partial charge >= 0.3 is 0 Å². The topological polar surface area (TPSA) is 66.6 Å². The molecule has 1 unspecified atom stereocenters. The number of aliphatic hydroxyl groups excluding tert-OH is 1. The summed E-state index contributed by atoms with van der Waals surface area (Å²) in [7, 11) is 0. The Hall–Kier alpha value is -1.17. The molecule has 0 spiro atoms. The van der Waals surface area contributed by atoms with Crippen LogP contribution in [0, 0.1) is 10.1 Å². The summed E-state index contributed by atoms with van der Waals surface area (Å²) in [5.41, 5.74) is 0.860. The normalized spacial score (nSPS) is 20.9. The highest BCUT2D eigenvalue weighted by Gasteiger charge is 2.19. The molecule has 1 aromatic carbocycles. The molecule has 1 heterocycles. The molecule has 0 amide bonds. The third-order valence-electron chi connectivity index (χ3n) is 3.12. The number of aliphatic hydroxyl groups is 1. The number of rotatable bonds is 3. The van der Waals surface area contributed by atoms with Gasteiger partial charge in [-0.15, -0.1) is 0 Å². The Morgan fingerprint density at radius 2 is 2.33 bits per heavy atom. The molecular weight excluding hydrogens is 256 g/mol. The van der Waals surface area contributed by atoms with Crippen LogP contribution in [0.3, 0.4) is 0 Å². The molecule has 0 aromatic heterocycles. The molecule has 6 heteroatoms. The Balaban J connectivity index is 2.07. The third kappa shape index (κ3) is 3.19. The van der Waals surface area contributed by atoms with Gasteiger partial charge in [-0.1, -0.05) is 11.6 Å². The van der Waals surface area contributed by atoms with Gasteiger partial charge in [-0.25, -0.2) is 0 Å². The molecule has 0 radical (unpaired) electrons. The predicted octanol–water partition coefficient (Wildman–Crippen LogP) is 2.20. The van der Waals surface area contributed by atoms with Crippen molar-refractivity contribution in [2.24, 2.45) is 0 Å². The molecule has 0 saturated carbocycles. The molecule has 1 aliphatic rings. The quantitative estimate of drug-likeness (QED) is 0.675. The number of halogens is 1. The van der Waals surface area contributed by atoms with Crippen LogP contribution in [0.5, 0.6) is 0 Å². The lowest BCUT2D eigenvalue weighted by Gasteiger charge is -2.30. The molecule has 1 saturated heterocycles. The number of benzene rings is 1. The summed E-state index contributed by atoms with van der Waals surface area (Å²) in [5.74, 6) is 0. The summed E-state index contributed by atoms with van der Waals surface area (Å²) < 4.78 is 0. The second-order valence-electron chi connectivity index (χ2n) is 4.56. The molecule has 1 aliphatic heterocycles. The zero-order valence-electron chi connectivity index (χ0n) is 9.88. The van der Waals surface area contributed by atoms with E-state index in [-0.39, 0.29) is 11.8 Å². The van der Waals surface area contributed by atoms with Crippen LogP contribution >= 0.6 is 11.6 Å². The molecule has 98 valence electrons. The van der Waals surface area contributed by atoms with Gasteiger partial charge in [0.15, 0.2) is 0 Å². The highest BCUT2D eigenvalue weighted by Crippen LogP contribution is 2.24. The lowest BCUT2D eigenvalue weighted by Crippen LogP contribution is -2.37. The fraction of sp³-hybridized carbons (Fsp3) is 0.500. The van der Waals surface area contributed by atoms with Crippen LogP contribution in [0.4, 0.5) is 5.69 Å². The van der Waals surface area contributed by atoms with E-state index in [1.54, 1.807) is 6.07 Å². The molecule has 2 rings (SSSR count). The van der Waals surface area contributed by atoms with Crippen molar-refractivity contribution in [2.75, 3.05) is 13.1 Å². The predicted molar refractivity (Wildman–Crippen MR) is 68.6 cm³/mol. The highest BCUT2D eigenvalue weighted by atomic mass is 35.5. The van der Waals surface area contributed by atoms with Crippen LogP contribution < -0.4 is 0 Å². The molecule has 5 nitrogen and oxygen atoms in total. The maximum Gasteiger partial charge on any atom is 0.270 e. The molecular formula is C12H15ClN2O3. The number of likely N-dealkylation sites (tertiary alicyclic amines) is 1. The fourth-order valence-electron chi connectivity index (χ4n) is 2.19. The fourth-order valence-corrected chi connectivity index (χ4v) is 2.43. The summed E-state index contributed by atoms with van der Waals surface area (Å²) in [5, 5.41) is 20.6. The van der Waals surface area contributed by atoms with Gasteiger partial charge in [0.1, 0.15) is 0 Å². The number of hydrogen-bond donors (Lipinski definition) is 1. The van der Waals surface area contributed by atoms with Crippen LogP contribution in [0.2, 0.25) is 5.02 Å². The molecule has 0 aliphatic carbocycles. The number of non-ortho nitro benzene ring substituents is 1. The van der Waals surface area contributed by atoms with Crippen molar-refractivity contribution in [2.45, 2.75) is 25.5 Å². The van der Waals surface area contributed by atoms with Gasteiger partial charge in [0, 0.05) is 25.2 Å². The summed E-state index contributed by atoms with van der Waals surface area (Å²) in [6.07, 6.45) is 1.52. The number of piperidine rings is 1. The summed E-state index contributed by atoms with van der Waals surface area (Å²) in [4.78, 5) is 12.3. The van der Waals surface area contributed by atoms with Crippen molar-refractivity contribution in [3.8, 4) is 0 Å². The Labute approximate surface area is 110 Å². The molecule has 18 heavy (non-hydrogen) atoms. The maximum absolute atomic E-state index is 10.6. The van der Waals surface area contributed by atoms with E-state index in [0.717, 1.165) is 24.9 Å². The minimum Gasteiger partial charge on any atom is -0.392 e. The van der Waals surface area contributed by atoms with Crippen molar-refractivity contribution < 1.29 is 10.0 Å². The molecule has 0 bridgehead atoms. The summed E-state index contributed by atoms with van der Waals surface area (Å²) in [6, 6.07) is 4.51. The van der Waals surface area contributed by atoms with Crippen LogP contribution in [0.15, 0.2) is 18.2 Å². The van der Waals surface area contributed by atoms with Crippen molar-refractivity contribution >= 4 is 17.3 Å². The minimum absolute atomic E-state index is 0.00225. The zero-order chi connectivity index (χ0) is 13.1. The standard InChI is InChI=1S/C12H15ClN2O3/c13-12-6-10(15(17)18)4-3-9(12)7-14-5-1-2-11(16)8-14/h3-4,6,11,16H,1-2,5,7-8H2. The smallest absolute Gasteiger partial charge is 0.270 e. The van der Waals surface area contributed by atoms with Gasteiger partial charge in [0.2, 0.25) is 0 Å². The van der Waals surface area contributed by atoms with Crippen LogP contribution in [0.1, 0.15) is 18.4 Å². The number of nitrogens with zero attached hydrogens (tertiary/aromatic N) is 2. The van der Waals surface area contributed by atoms with Gasteiger partial charge in [0.05, 0.1) is 16.0 Å². The monoisotopic (exact) mass is 270 g/mol. The summed E-state index contributed by atoms with van der Waals surface area (Å²) >= 11 is 6.04. The van der Waals surface area contributed by atoms with E-state index in [1.807, 2.05) is 0 Å². The van der Waals surface area contributed by atoms with Crippen molar-refractivity contribution in [3.05, 3.63) is 38.9 Å². The first-order valence-corrected chi connectivity index (χ1v) is 6.27. The molecule has 1 fully saturated rings. The van der Waals surface area contributed by atoms with Gasteiger partial charge in [-0.3, -0.25) is 15.0 Å². The van der Waals surface area contributed by atoms with E-state index in [2.05, 4.69) is 4.90 Å². The zero-order valence-corrected chi connectivity index (χ0v) is 10.6. The lowest BCUT2D eigenvalue weighted by molar-refractivity contribution is -0.384. The van der Waals surface area contributed by atoms with Crippen molar-refractivity contribution in [1.82, 2.24) is 4.90 Å². The van der Waals surface area contributed by atoms with Gasteiger partial charge in [-0.05, 0) is 31.0 Å². The Bertz CT molecular complexity index is 453. The second kappa shape index (κ2) is 5.65. The molecule has 1 atom stereocenters. The van der Waals surface area contributed by atoms with E-state index < -0.39 is 4.92 Å². The minimum atomic E-state index is -0.458. The molecule has 1 N–H and O–H groups in total. The average Bonchev–Trinajstić information content (AvgIpc) is 2.31. The second-order valence-corrected chi connectivity index (χ2v) is 4.97. The first-order chi connectivity index (χ1) is 8.56. The molecule has 1 aromatic rings. The highest BCUT2D eigenvalue weighted by molar-refractivity contribution is 6.31. The van der Waals surface area contributed by atoms with E-state index in [1.165, 1.54) is 12.1 Å². The van der Waals surface area contributed by atoms with Gasteiger partial charge in [-0.2, -0.15) is 0 Å². The van der Waals surface area contributed by atoms with E-state index >= 15 is 0 Å². The number of hydrogen-bond acceptors (Lipinski definition) is 4. The summed E-state index contributed by atoms with van der Waals surface area (Å²) in [6.45, 7) is 2.17. The maximum atomic E-state index is 10.6. The Morgan fingerprint density at radius 3 is 2.94 bits per heavy atom. The van der Waals surface area contributed by atoms with Crippen LogP contribution in [-0.4, -0.2) is 34.1 Å². The van der Waals surface area contributed by atoms with E-state index in [9.17, 15) is 15.2 Å². The van der Waals surface area contributed by atoms with E-state index in [4.69, 9.17) is 11.6 Å². The third-order valence-corrected chi connectivity index (χ3v) is 3.47. The van der Waals surface area contributed by atoms with Gasteiger partial charge in [0.25, 0.3) is 5.69 Å². The van der Waals surface area contributed by atoms with Gasteiger partial charge < -0.3 is 5.11 Å². The SMILES string of the molecule is O=[N+]([O-])c1ccc(CN2CCCC(O)C2)c(Cl)c1. The lowest BCUT2D eigenvalue weighted by atomic mass is 10.1. The van der Waals surface area contributed by atoms with Crippen molar-refractivity contribution in [3.63, 3.8) is 0 Å². The average molecular weight is 271 g/mol. The first-order valence-electron chi connectivity index (χ1n) is 5.89. The largest absolute Gasteiger partial charge is 0.392 e. The number of β-amino-alcohol motifs (C(OH)–C–C–N with tert-alkyl or cyclic N) is 1. The van der Waals surface area contributed by atoms with Crippen LogP contribution in [-0.2, 0) is 6.54 Å². The number of nitro groups is 1. The Kier molecular flexibility index (Phi) is 4.16. The van der Waals surface area contributed by atoms with E-state index in [0.29, 0.717) is 18.1 Å². The van der Waals surface area contributed by atoms with Crippen LogP contribution in [0.25, 0.3) is 0 Å². The Morgan fingerprint density at radius 1 is 1.56 bits per heavy atom. The van der Waals surface area contributed by atoms with Crippen molar-refractivity contribution in [1.29, 1.82) is 0 Å². The number of nitro benzene ring substituents is 1.